The van der Waals surface area contributed by atoms with E-state index in [9.17, 15) is 14.9 Å². The van der Waals surface area contributed by atoms with Crippen molar-refractivity contribution < 1.29 is 9.72 Å². The fraction of sp³-hybridized carbons (Fsp3) is 0.500. The van der Waals surface area contributed by atoms with Crippen molar-refractivity contribution in [3.05, 3.63) is 39.9 Å². The van der Waals surface area contributed by atoms with Crippen LogP contribution in [-0.2, 0) is 0 Å². The number of carbonyl (C=O) groups is 1. The van der Waals surface area contributed by atoms with Gasteiger partial charge in [-0.25, -0.2) is 5.43 Å². The number of fused-ring (bicyclic) bond motifs is 2. The first-order valence-corrected chi connectivity index (χ1v) is 7.63. The lowest BCUT2D eigenvalue weighted by Gasteiger charge is -2.21. The maximum atomic E-state index is 12.0. The molecule has 3 unspecified atom stereocenters. The normalized spacial score (nSPS) is 27.0. The zero-order chi connectivity index (χ0) is 15.7. The fourth-order valence-electron chi connectivity index (χ4n) is 3.78. The van der Waals surface area contributed by atoms with Crippen LogP contribution in [0.3, 0.4) is 0 Å². The van der Waals surface area contributed by atoms with Crippen molar-refractivity contribution in [2.24, 2.45) is 22.9 Å². The Kier molecular flexibility index (Phi) is 3.92. The van der Waals surface area contributed by atoms with Crippen LogP contribution in [0, 0.1) is 27.9 Å². The first-order chi connectivity index (χ1) is 10.5. The minimum Gasteiger partial charge on any atom is -0.267 e. The summed E-state index contributed by atoms with van der Waals surface area (Å²) in [5.41, 5.74) is 3.89. The van der Waals surface area contributed by atoms with Gasteiger partial charge < -0.3 is 0 Å². The number of rotatable bonds is 4. The minimum atomic E-state index is -0.487. The van der Waals surface area contributed by atoms with Crippen LogP contribution in [0.2, 0.25) is 0 Å². The third-order valence-electron chi connectivity index (χ3n) is 4.95. The number of nitro groups is 1. The first-order valence-electron chi connectivity index (χ1n) is 7.63. The average Bonchev–Trinajstić information content (AvgIpc) is 3.15. The van der Waals surface area contributed by atoms with Crippen molar-refractivity contribution in [3.8, 4) is 0 Å². The molecule has 6 heteroatoms. The Morgan fingerprint density at radius 2 is 2.00 bits per heavy atom. The Morgan fingerprint density at radius 1 is 1.27 bits per heavy atom. The van der Waals surface area contributed by atoms with Crippen LogP contribution in [0.1, 0.15) is 43.0 Å². The van der Waals surface area contributed by atoms with Gasteiger partial charge in [0, 0.05) is 29.3 Å². The molecule has 0 heterocycles. The highest BCUT2D eigenvalue weighted by Crippen LogP contribution is 2.48. The molecular formula is C16H19N3O3. The van der Waals surface area contributed by atoms with Crippen molar-refractivity contribution in [1.29, 1.82) is 0 Å². The number of hydrogen-bond acceptors (Lipinski definition) is 4. The average molecular weight is 301 g/mol. The predicted molar refractivity (Wildman–Crippen MR) is 82.6 cm³/mol. The Bertz CT molecular complexity index is 624. The number of nitrogens with zero attached hydrogens (tertiary/aromatic N) is 2. The Morgan fingerprint density at radius 3 is 2.55 bits per heavy atom. The molecule has 3 rings (SSSR count). The van der Waals surface area contributed by atoms with Crippen molar-refractivity contribution in [2.45, 2.75) is 32.6 Å². The van der Waals surface area contributed by atoms with Gasteiger partial charge in [-0.15, -0.1) is 0 Å². The SMILES string of the molecule is C/C(=N\NC(=O)c1ccc([N+](=O)[O-])cc1)C1CC2CCC1C2. The quantitative estimate of drug-likeness (QED) is 0.526. The van der Waals surface area contributed by atoms with Crippen LogP contribution in [0.5, 0.6) is 0 Å². The van der Waals surface area contributed by atoms with Crippen LogP contribution < -0.4 is 5.43 Å². The summed E-state index contributed by atoms with van der Waals surface area (Å²) in [5.74, 6) is 1.73. The third kappa shape index (κ3) is 2.86. The molecule has 0 saturated heterocycles. The maximum absolute atomic E-state index is 12.0. The van der Waals surface area contributed by atoms with E-state index in [0.29, 0.717) is 11.5 Å². The molecule has 3 atom stereocenters. The largest absolute Gasteiger partial charge is 0.271 e. The van der Waals surface area contributed by atoms with E-state index in [-0.39, 0.29) is 11.6 Å². The van der Waals surface area contributed by atoms with Crippen molar-refractivity contribution >= 4 is 17.3 Å². The molecule has 2 fully saturated rings. The van der Waals surface area contributed by atoms with E-state index in [2.05, 4.69) is 10.5 Å². The summed E-state index contributed by atoms with van der Waals surface area (Å²) in [6.45, 7) is 1.97. The Balaban J connectivity index is 1.61. The molecule has 2 aliphatic rings. The van der Waals surface area contributed by atoms with Gasteiger partial charge in [-0.3, -0.25) is 14.9 Å². The first kappa shape index (κ1) is 14.7. The number of nitrogens with one attached hydrogen (secondary N) is 1. The lowest BCUT2D eigenvalue weighted by atomic mass is 9.86. The van der Waals surface area contributed by atoms with E-state index < -0.39 is 4.92 Å². The van der Waals surface area contributed by atoms with Gasteiger partial charge in [-0.1, -0.05) is 6.42 Å². The van der Waals surface area contributed by atoms with Gasteiger partial charge in [0.1, 0.15) is 0 Å². The fourth-order valence-corrected chi connectivity index (χ4v) is 3.78. The lowest BCUT2D eigenvalue weighted by molar-refractivity contribution is -0.384. The topological polar surface area (TPSA) is 84.6 Å². The molecule has 2 saturated carbocycles. The second-order valence-corrected chi connectivity index (χ2v) is 6.28. The van der Waals surface area contributed by atoms with Crippen LogP contribution >= 0.6 is 0 Å². The van der Waals surface area contributed by atoms with Gasteiger partial charge in [0.05, 0.1) is 4.92 Å². The molecule has 0 radical (unpaired) electrons. The van der Waals surface area contributed by atoms with Gasteiger partial charge in [0.2, 0.25) is 0 Å². The number of nitro benzene ring substituents is 1. The Labute approximate surface area is 128 Å². The van der Waals surface area contributed by atoms with E-state index in [1.807, 2.05) is 6.92 Å². The second-order valence-electron chi connectivity index (χ2n) is 6.28. The number of hydrazone groups is 1. The molecule has 2 aliphatic carbocycles. The molecule has 1 aromatic carbocycles. The zero-order valence-electron chi connectivity index (χ0n) is 12.5. The predicted octanol–water partition coefficient (Wildman–Crippen LogP) is 3.14. The molecule has 1 N–H and O–H groups in total. The molecule has 1 aromatic rings. The minimum absolute atomic E-state index is 0.0294. The van der Waals surface area contributed by atoms with Gasteiger partial charge in [-0.05, 0) is 50.2 Å². The van der Waals surface area contributed by atoms with Crippen molar-refractivity contribution in [2.75, 3.05) is 0 Å². The summed E-state index contributed by atoms with van der Waals surface area (Å²) >= 11 is 0. The lowest BCUT2D eigenvalue weighted by Crippen LogP contribution is -2.24. The monoisotopic (exact) mass is 301 g/mol. The summed E-state index contributed by atoms with van der Waals surface area (Å²) in [5, 5.41) is 14.8. The summed E-state index contributed by atoms with van der Waals surface area (Å²) in [4.78, 5) is 22.1. The van der Waals surface area contributed by atoms with Crippen LogP contribution in [0.4, 0.5) is 5.69 Å². The molecule has 0 aliphatic heterocycles. The smallest absolute Gasteiger partial charge is 0.267 e. The van der Waals surface area contributed by atoms with Crippen LogP contribution in [0.25, 0.3) is 0 Å². The number of carbonyl (C=O) groups excluding carboxylic acids is 1. The standard InChI is InChI=1S/C16H19N3O3/c1-10(15-9-11-2-3-13(15)8-11)17-18-16(20)12-4-6-14(7-5-12)19(21)22/h4-7,11,13,15H,2-3,8-9H2,1H3,(H,18,20)/b17-10+. The molecule has 116 valence electrons. The summed E-state index contributed by atoms with van der Waals surface area (Å²) < 4.78 is 0. The van der Waals surface area contributed by atoms with Crippen molar-refractivity contribution in [1.82, 2.24) is 5.43 Å². The second kappa shape index (κ2) is 5.87. The van der Waals surface area contributed by atoms with Gasteiger partial charge in [-0.2, -0.15) is 5.10 Å². The van der Waals surface area contributed by atoms with E-state index in [1.54, 1.807) is 0 Å². The molecule has 6 nitrogen and oxygen atoms in total. The highest BCUT2D eigenvalue weighted by molar-refractivity contribution is 5.95. The highest BCUT2D eigenvalue weighted by Gasteiger charge is 2.40. The Hall–Kier alpha value is -2.24. The number of non-ortho nitro benzene ring substituents is 1. The van der Waals surface area contributed by atoms with Gasteiger partial charge >= 0.3 is 0 Å². The van der Waals surface area contributed by atoms with E-state index in [1.165, 1.54) is 49.9 Å². The molecule has 0 aromatic heterocycles. The van der Waals surface area contributed by atoms with Crippen LogP contribution in [0.15, 0.2) is 29.4 Å². The third-order valence-corrected chi connectivity index (χ3v) is 4.95. The van der Waals surface area contributed by atoms with Crippen molar-refractivity contribution in [3.63, 3.8) is 0 Å². The maximum Gasteiger partial charge on any atom is 0.271 e. The van der Waals surface area contributed by atoms with Crippen LogP contribution in [-0.4, -0.2) is 16.5 Å². The summed E-state index contributed by atoms with van der Waals surface area (Å²) in [6, 6.07) is 5.52. The van der Waals surface area contributed by atoms with E-state index >= 15 is 0 Å². The molecule has 0 spiro atoms. The molecule has 2 bridgehead atoms. The number of amides is 1. The highest BCUT2D eigenvalue weighted by atomic mass is 16.6. The summed E-state index contributed by atoms with van der Waals surface area (Å²) in [7, 11) is 0. The van der Waals surface area contributed by atoms with E-state index in [4.69, 9.17) is 0 Å². The van der Waals surface area contributed by atoms with Gasteiger partial charge in [0.15, 0.2) is 0 Å². The van der Waals surface area contributed by atoms with Gasteiger partial charge in [0.25, 0.3) is 11.6 Å². The number of benzene rings is 1. The molecular weight excluding hydrogens is 282 g/mol. The summed E-state index contributed by atoms with van der Waals surface area (Å²) in [6.07, 6.45) is 5.10. The number of hydrogen-bond donors (Lipinski definition) is 1. The molecule has 1 amide bonds. The zero-order valence-corrected chi connectivity index (χ0v) is 12.5. The van der Waals surface area contributed by atoms with E-state index in [0.717, 1.165) is 17.5 Å². The molecule has 22 heavy (non-hydrogen) atoms.